The van der Waals surface area contributed by atoms with Gasteiger partial charge in [-0.05, 0) is 5.56 Å². The Bertz CT molecular complexity index is 254. The standard InChI is InChI=1S/C8H8.C4H9.C4H6.Li/c1-2-8-6-4-3-5-7-8;2*1-3-4-2;/h2-7H,1H2;1,3-4H2,2H3;3-4H,1-2H2;/q;-1;;+1. The normalized spacial score (nSPS) is 6.94. The van der Waals surface area contributed by atoms with Crippen LogP contribution in [0.15, 0.2) is 62.2 Å². The molecule has 0 heterocycles. The van der Waals surface area contributed by atoms with Crippen molar-refractivity contribution in [3.63, 3.8) is 0 Å². The maximum absolute atomic E-state index is 3.63. The number of rotatable bonds is 3. The number of allylic oxidation sites excluding steroid dienone is 2. The molecule has 0 N–H and O–H groups in total. The molecule has 0 amide bonds. The second-order valence-corrected chi connectivity index (χ2v) is 2.94. The van der Waals surface area contributed by atoms with Gasteiger partial charge in [0.2, 0.25) is 0 Å². The fraction of sp³-hybridized carbons (Fsp3) is 0.188. The van der Waals surface area contributed by atoms with E-state index in [9.17, 15) is 0 Å². The van der Waals surface area contributed by atoms with Gasteiger partial charge in [0.1, 0.15) is 0 Å². The van der Waals surface area contributed by atoms with Gasteiger partial charge in [0.25, 0.3) is 0 Å². The van der Waals surface area contributed by atoms with E-state index in [2.05, 4.69) is 33.6 Å². The van der Waals surface area contributed by atoms with Gasteiger partial charge >= 0.3 is 18.9 Å². The molecule has 0 nitrogen and oxygen atoms in total. The van der Waals surface area contributed by atoms with Gasteiger partial charge in [0.05, 0.1) is 0 Å². The first-order valence-electron chi connectivity index (χ1n) is 5.46. The molecule has 0 unspecified atom stereocenters. The van der Waals surface area contributed by atoms with Crippen molar-refractivity contribution in [2.75, 3.05) is 0 Å². The Kier molecular flexibility index (Phi) is 25.7. The summed E-state index contributed by atoms with van der Waals surface area (Å²) >= 11 is 0. The first-order chi connectivity index (χ1) is 7.76. The molecule has 0 fully saturated rings. The molecule has 0 aliphatic carbocycles. The molecule has 0 saturated heterocycles. The van der Waals surface area contributed by atoms with Crippen molar-refractivity contribution in [1.29, 1.82) is 0 Å². The summed E-state index contributed by atoms with van der Waals surface area (Å²) in [5, 5.41) is 0. The van der Waals surface area contributed by atoms with Gasteiger partial charge in [0.15, 0.2) is 0 Å². The van der Waals surface area contributed by atoms with Gasteiger partial charge in [-0.2, -0.15) is 6.42 Å². The van der Waals surface area contributed by atoms with Crippen LogP contribution in [0.3, 0.4) is 0 Å². The summed E-state index contributed by atoms with van der Waals surface area (Å²) < 4.78 is 0. The predicted molar refractivity (Wildman–Crippen MR) is 77.2 cm³/mol. The Morgan fingerprint density at radius 2 is 1.47 bits per heavy atom. The predicted octanol–water partition coefficient (Wildman–Crippen LogP) is 2.31. The van der Waals surface area contributed by atoms with Gasteiger partial charge in [0, 0.05) is 0 Å². The third kappa shape index (κ3) is 21.0. The minimum Gasteiger partial charge on any atom is -0.343 e. The van der Waals surface area contributed by atoms with Crippen molar-refractivity contribution in [3.05, 3.63) is 74.7 Å². The van der Waals surface area contributed by atoms with Crippen molar-refractivity contribution in [3.8, 4) is 0 Å². The minimum absolute atomic E-state index is 0. The van der Waals surface area contributed by atoms with Crippen LogP contribution in [-0.4, -0.2) is 0 Å². The van der Waals surface area contributed by atoms with E-state index >= 15 is 0 Å². The Labute approximate surface area is 119 Å². The summed E-state index contributed by atoms with van der Waals surface area (Å²) in [7, 11) is 0. The van der Waals surface area contributed by atoms with Crippen molar-refractivity contribution < 1.29 is 18.9 Å². The van der Waals surface area contributed by atoms with Crippen LogP contribution < -0.4 is 18.9 Å². The summed E-state index contributed by atoms with van der Waals surface area (Å²) in [5.74, 6) is 0. The summed E-state index contributed by atoms with van der Waals surface area (Å²) in [6, 6.07) is 10.0. The maximum Gasteiger partial charge on any atom is 1.00 e. The van der Waals surface area contributed by atoms with Crippen LogP contribution in [0.4, 0.5) is 0 Å². The van der Waals surface area contributed by atoms with Crippen LogP contribution in [0.25, 0.3) is 6.08 Å². The molecule has 0 bridgehead atoms. The summed E-state index contributed by atoms with van der Waals surface area (Å²) in [6.45, 7) is 16.1. The molecule has 0 aliphatic heterocycles. The summed E-state index contributed by atoms with van der Waals surface area (Å²) in [4.78, 5) is 0. The molecule has 17 heavy (non-hydrogen) atoms. The Hall–Kier alpha value is -0.963. The fourth-order valence-electron chi connectivity index (χ4n) is 0.589. The van der Waals surface area contributed by atoms with Crippen molar-refractivity contribution in [2.24, 2.45) is 0 Å². The maximum atomic E-state index is 3.63. The van der Waals surface area contributed by atoms with Gasteiger partial charge in [-0.15, -0.1) is 0 Å². The molecule has 88 valence electrons. The molecule has 1 rings (SSSR count). The van der Waals surface area contributed by atoms with E-state index in [1.54, 1.807) is 12.2 Å². The first-order valence-corrected chi connectivity index (χ1v) is 5.46. The molecule has 0 saturated carbocycles. The average molecular weight is 222 g/mol. The zero-order valence-corrected chi connectivity index (χ0v) is 11.4. The first kappa shape index (κ1) is 21.3. The zero-order valence-electron chi connectivity index (χ0n) is 11.4. The second-order valence-electron chi connectivity index (χ2n) is 2.94. The van der Waals surface area contributed by atoms with E-state index in [4.69, 9.17) is 0 Å². The van der Waals surface area contributed by atoms with Crippen LogP contribution in [-0.2, 0) is 0 Å². The van der Waals surface area contributed by atoms with Crippen LogP contribution in [0.2, 0.25) is 0 Å². The van der Waals surface area contributed by atoms with Gasteiger partial charge in [-0.3, -0.25) is 0 Å². The van der Waals surface area contributed by atoms with E-state index in [0.717, 1.165) is 6.42 Å². The van der Waals surface area contributed by atoms with Crippen molar-refractivity contribution in [2.45, 2.75) is 19.8 Å². The molecule has 0 radical (unpaired) electrons. The molecule has 0 aliphatic rings. The second kappa shape index (κ2) is 20.4. The monoisotopic (exact) mass is 222 g/mol. The van der Waals surface area contributed by atoms with E-state index in [1.807, 2.05) is 36.4 Å². The van der Waals surface area contributed by atoms with Crippen molar-refractivity contribution in [1.82, 2.24) is 0 Å². The van der Waals surface area contributed by atoms with Gasteiger partial charge in [-0.25, -0.2) is 0 Å². The largest absolute Gasteiger partial charge is 1.00 e. The topological polar surface area (TPSA) is 0 Å². The summed E-state index contributed by atoms with van der Waals surface area (Å²) in [6.07, 6.45) is 7.39. The molecule has 1 aromatic rings. The third-order valence-corrected chi connectivity index (χ3v) is 1.56. The molecule has 0 spiro atoms. The number of unbranched alkanes of at least 4 members (excludes halogenated alkanes) is 1. The van der Waals surface area contributed by atoms with Crippen LogP contribution in [0.5, 0.6) is 0 Å². The van der Waals surface area contributed by atoms with Gasteiger partial charge < -0.3 is 6.92 Å². The van der Waals surface area contributed by atoms with E-state index in [-0.39, 0.29) is 18.9 Å². The number of hydrogen-bond acceptors (Lipinski definition) is 0. The SMILES string of the molecule is C=CC=C.C=Cc1ccccc1.[CH2-]CCC.[Li+]. The quantitative estimate of drug-likeness (QED) is 0.418. The van der Waals surface area contributed by atoms with Crippen LogP contribution >= 0.6 is 0 Å². The summed E-state index contributed by atoms with van der Waals surface area (Å²) in [5.41, 5.74) is 1.17. The smallest absolute Gasteiger partial charge is 0.343 e. The molecule has 0 atom stereocenters. The molecule has 1 aromatic carbocycles. The van der Waals surface area contributed by atoms with Crippen LogP contribution in [0, 0.1) is 6.92 Å². The van der Waals surface area contributed by atoms with Gasteiger partial charge in [-0.1, -0.05) is 81.6 Å². The Balaban J connectivity index is -0.000000189. The average Bonchev–Trinajstić information content (AvgIpc) is 2.40. The number of benzene rings is 1. The van der Waals surface area contributed by atoms with E-state index < -0.39 is 0 Å². The Morgan fingerprint density at radius 3 is 1.65 bits per heavy atom. The Morgan fingerprint density at radius 1 is 1.06 bits per heavy atom. The van der Waals surface area contributed by atoms with E-state index in [0.29, 0.717) is 0 Å². The minimum atomic E-state index is 0. The molecule has 1 heteroatoms. The zero-order chi connectivity index (χ0) is 12.6. The van der Waals surface area contributed by atoms with E-state index in [1.165, 1.54) is 12.0 Å². The molecular formula is C16H23Li. The molecule has 0 aromatic heterocycles. The van der Waals surface area contributed by atoms with Crippen LogP contribution in [0.1, 0.15) is 25.3 Å². The van der Waals surface area contributed by atoms with Crippen molar-refractivity contribution >= 4 is 6.08 Å². The molecular weight excluding hydrogens is 199 g/mol. The third-order valence-electron chi connectivity index (χ3n) is 1.56. The number of hydrogen-bond donors (Lipinski definition) is 0. The fourth-order valence-corrected chi connectivity index (χ4v) is 0.589.